The zero-order valence-corrected chi connectivity index (χ0v) is 8.14. The highest BCUT2D eigenvalue weighted by Gasteiger charge is 1.93. The predicted molar refractivity (Wildman–Crippen MR) is 53.7 cm³/mol. The van der Waals surface area contributed by atoms with Gasteiger partial charge in [-0.2, -0.15) is 0 Å². The van der Waals surface area contributed by atoms with Crippen LogP contribution in [0.1, 0.15) is 12.0 Å². The fourth-order valence-electron chi connectivity index (χ4n) is 1.00. The second kappa shape index (κ2) is 5.91. The summed E-state index contributed by atoms with van der Waals surface area (Å²) in [6.07, 6.45) is 8.42. The van der Waals surface area contributed by atoms with Crippen molar-refractivity contribution in [2.24, 2.45) is 0 Å². The van der Waals surface area contributed by atoms with Crippen molar-refractivity contribution in [3.63, 3.8) is 0 Å². The molecule has 0 spiro atoms. The van der Waals surface area contributed by atoms with Gasteiger partial charge in [0.05, 0.1) is 13.5 Å². The van der Waals surface area contributed by atoms with Crippen LogP contribution in [-0.4, -0.2) is 18.1 Å². The van der Waals surface area contributed by atoms with Crippen molar-refractivity contribution in [1.29, 1.82) is 0 Å². The van der Waals surface area contributed by atoms with E-state index >= 15 is 0 Å². The van der Waals surface area contributed by atoms with E-state index in [0.717, 1.165) is 12.0 Å². The molecule has 1 aromatic heterocycles. The summed E-state index contributed by atoms with van der Waals surface area (Å²) in [6, 6.07) is 3.89. The quantitative estimate of drug-likeness (QED) is 0.537. The number of carbonyl (C=O) groups is 1. The van der Waals surface area contributed by atoms with Crippen LogP contribution in [0.15, 0.2) is 36.7 Å². The second-order valence-corrected chi connectivity index (χ2v) is 2.82. The Morgan fingerprint density at radius 3 is 3.07 bits per heavy atom. The van der Waals surface area contributed by atoms with Crippen molar-refractivity contribution >= 4 is 5.97 Å². The third-order valence-corrected chi connectivity index (χ3v) is 1.76. The number of carbonyl (C=O) groups excluding carboxylic acids is 1. The maximum atomic E-state index is 10.7. The molecule has 0 fully saturated rings. The molecule has 0 unspecified atom stereocenters. The van der Waals surface area contributed by atoms with Gasteiger partial charge < -0.3 is 4.74 Å². The van der Waals surface area contributed by atoms with Crippen LogP contribution < -0.4 is 0 Å². The predicted octanol–water partition coefficient (Wildman–Crippen LogP) is 1.74. The topological polar surface area (TPSA) is 39.2 Å². The highest BCUT2D eigenvalue weighted by molar-refractivity contribution is 5.70. The number of allylic oxidation sites excluding steroid dienone is 1. The highest BCUT2D eigenvalue weighted by atomic mass is 16.5. The molecule has 0 amide bonds. The number of hydrogen-bond donors (Lipinski definition) is 0. The van der Waals surface area contributed by atoms with Gasteiger partial charge in [0.1, 0.15) is 0 Å². The summed E-state index contributed by atoms with van der Waals surface area (Å²) >= 11 is 0. The van der Waals surface area contributed by atoms with Crippen molar-refractivity contribution in [3.05, 3.63) is 42.2 Å². The van der Waals surface area contributed by atoms with Crippen LogP contribution in [0.5, 0.6) is 0 Å². The van der Waals surface area contributed by atoms with Gasteiger partial charge in [0.2, 0.25) is 0 Å². The summed E-state index contributed by atoms with van der Waals surface area (Å²) in [5.74, 6) is -0.215. The number of aromatic nitrogens is 1. The van der Waals surface area contributed by atoms with Crippen molar-refractivity contribution in [3.8, 4) is 0 Å². The van der Waals surface area contributed by atoms with E-state index in [1.165, 1.54) is 7.11 Å². The van der Waals surface area contributed by atoms with Crippen LogP contribution >= 0.6 is 0 Å². The zero-order valence-electron chi connectivity index (χ0n) is 8.14. The first kappa shape index (κ1) is 10.4. The third-order valence-electron chi connectivity index (χ3n) is 1.76. The molecule has 1 aromatic rings. The maximum Gasteiger partial charge on any atom is 0.309 e. The minimum absolute atomic E-state index is 0.215. The van der Waals surface area contributed by atoms with Gasteiger partial charge in [-0.05, 0) is 18.1 Å². The average molecular weight is 191 g/mol. The average Bonchev–Trinajstić information content (AvgIpc) is 2.25. The summed E-state index contributed by atoms with van der Waals surface area (Å²) < 4.78 is 4.50. The first-order valence-electron chi connectivity index (χ1n) is 4.43. The molecular formula is C11H13NO2. The lowest BCUT2D eigenvalue weighted by Gasteiger charge is -1.94. The fourth-order valence-corrected chi connectivity index (χ4v) is 1.00. The van der Waals surface area contributed by atoms with E-state index in [4.69, 9.17) is 0 Å². The molecule has 74 valence electrons. The molecule has 0 aliphatic rings. The molecule has 1 heterocycles. The SMILES string of the molecule is COC(=O)CC=CCc1cccnc1. The molecule has 0 aliphatic heterocycles. The molecule has 0 atom stereocenters. The zero-order chi connectivity index (χ0) is 10.2. The molecule has 14 heavy (non-hydrogen) atoms. The van der Waals surface area contributed by atoms with Gasteiger partial charge in [0, 0.05) is 12.4 Å². The summed E-state index contributed by atoms with van der Waals surface area (Å²) in [4.78, 5) is 14.7. The van der Waals surface area contributed by atoms with Crippen LogP contribution in [0.2, 0.25) is 0 Å². The van der Waals surface area contributed by atoms with Crippen LogP contribution in [0.4, 0.5) is 0 Å². The summed E-state index contributed by atoms with van der Waals surface area (Å²) in [5, 5.41) is 0. The van der Waals surface area contributed by atoms with E-state index in [2.05, 4.69) is 9.72 Å². The van der Waals surface area contributed by atoms with Gasteiger partial charge in [-0.25, -0.2) is 0 Å². The first-order valence-corrected chi connectivity index (χ1v) is 4.43. The van der Waals surface area contributed by atoms with Gasteiger partial charge in [0.15, 0.2) is 0 Å². The lowest BCUT2D eigenvalue weighted by Crippen LogP contribution is -1.96. The van der Waals surface area contributed by atoms with E-state index in [9.17, 15) is 4.79 Å². The van der Waals surface area contributed by atoms with E-state index in [1.54, 1.807) is 12.3 Å². The first-order chi connectivity index (χ1) is 6.83. The molecule has 0 radical (unpaired) electrons. The molecule has 1 rings (SSSR count). The Kier molecular flexibility index (Phi) is 4.41. The third kappa shape index (κ3) is 3.85. The smallest absolute Gasteiger partial charge is 0.309 e. The summed E-state index contributed by atoms with van der Waals surface area (Å²) in [6.45, 7) is 0. The molecule has 3 heteroatoms. The molecular weight excluding hydrogens is 178 g/mol. The van der Waals surface area contributed by atoms with Gasteiger partial charge in [0.25, 0.3) is 0 Å². The molecule has 0 saturated heterocycles. The van der Waals surface area contributed by atoms with Gasteiger partial charge >= 0.3 is 5.97 Å². The van der Waals surface area contributed by atoms with Crippen molar-refractivity contribution < 1.29 is 9.53 Å². The highest BCUT2D eigenvalue weighted by Crippen LogP contribution is 1.98. The lowest BCUT2D eigenvalue weighted by molar-refractivity contribution is -0.139. The Hall–Kier alpha value is -1.64. The number of nitrogens with zero attached hydrogens (tertiary/aromatic N) is 1. The number of ether oxygens (including phenoxy) is 1. The molecule has 3 nitrogen and oxygen atoms in total. The Labute approximate surface area is 83.4 Å². The number of pyridine rings is 1. The lowest BCUT2D eigenvalue weighted by atomic mass is 10.2. The van der Waals surface area contributed by atoms with Gasteiger partial charge in [-0.15, -0.1) is 0 Å². The van der Waals surface area contributed by atoms with Crippen LogP contribution in [0.3, 0.4) is 0 Å². The van der Waals surface area contributed by atoms with Gasteiger partial charge in [-0.1, -0.05) is 18.2 Å². The van der Waals surface area contributed by atoms with E-state index < -0.39 is 0 Å². The van der Waals surface area contributed by atoms with E-state index in [1.807, 2.05) is 24.4 Å². The molecule has 0 aromatic carbocycles. The molecule has 0 bridgehead atoms. The largest absolute Gasteiger partial charge is 0.469 e. The van der Waals surface area contributed by atoms with Crippen LogP contribution in [0.25, 0.3) is 0 Å². The van der Waals surface area contributed by atoms with Crippen molar-refractivity contribution in [1.82, 2.24) is 4.98 Å². The Morgan fingerprint density at radius 1 is 1.57 bits per heavy atom. The number of methoxy groups -OCH3 is 1. The standard InChI is InChI=1S/C11H13NO2/c1-14-11(13)7-3-2-5-10-6-4-8-12-9-10/h2-4,6,8-9H,5,7H2,1H3. The fraction of sp³-hybridized carbons (Fsp3) is 0.273. The number of rotatable bonds is 4. The second-order valence-electron chi connectivity index (χ2n) is 2.82. The van der Waals surface area contributed by atoms with E-state index in [0.29, 0.717) is 6.42 Å². The van der Waals surface area contributed by atoms with E-state index in [-0.39, 0.29) is 5.97 Å². The van der Waals surface area contributed by atoms with Crippen LogP contribution in [-0.2, 0) is 16.0 Å². The van der Waals surface area contributed by atoms with Crippen molar-refractivity contribution in [2.75, 3.05) is 7.11 Å². The van der Waals surface area contributed by atoms with Crippen molar-refractivity contribution in [2.45, 2.75) is 12.8 Å². The summed E-state index contributed by atoms with van der Waals surface area (Å²) in [7, 11) is 1.39. The number of hydrogen-bond acceptors (Lipinski definition) is 3. The monoisotopic (exact) mass is 191 g/mol. The molecule has 0 aliphatic carbocycles. The minimum Gasteiger partial charge on any atom is -0.469 e. The Balaban J connectivity index is 2.31. The Bertz CT molecular complexity index is 306. The molecule has 0 saturated carbocycles. The minimum atomic E-state index is -0.215. The van der Waals surface area contributed by atoms with Crippen LogP contribution in [0, 0.1) is 0 Å². The normalized spacial score (nSPS) is 10.4. The summed E-state index contributed by atoms with van der Waals surface area (Å²) in [5.41, 5.74) is 1.13. The maximum absolute atomic E-state index is 10.7. The molecule has 0 N–H and O–H groups in total. The number of esters is 1. The Morgan fingerprint density at radius 2 is 2.43 bits per heavy atom. The van der Waals surface area contributed by atoms with Gasteiger partial charge in [-0.3, -0.25) is 9.78 Å².